The van der Waals surface area contributed by atoms with Gasteiger partial charge in [-0.25, -0.2) is 0 Å². The number of aryl methyl sites for hydroxylation is 1. The first kappa shape index (κ1) is 14.5. The number of nitrogens with one attached hydrogen (secondary N) is 1. The molecular weight excluding hydrogens is 306 g/mol. The van der Waals surface area contributed by atoms with Crippen LogP contribution in [0.1, 0.15) is 36.8 Å². The van der Waals surface area contributed by atoms with Crippen molar-refractivity contribution in [2.45, 2.75) is 38.0 Å². The van der Waals surface area contributed by atoms with Crippen molar-refractivity contribution in [2.75, 3.05) is 5.32 Å². The summed E-state index contributed by atoms with van der Waals surface area (Å²) >= 11 is 7.37. The van der Waals surface area contributed by atoms with Crippen LogP contribution in [0.4, 0.5) is 5.13 Å². The normalized spacial score (nSPS) is 16.3. The number of carbonyl (C=O) groups excluding carboxylic acids is 1. The highest BCUT2D eigenvalue weighted by Gasteiger charge is 2.45. The molecule has 1 aliphatic rings. The van der Waals surface area contributed by atoms with Gasteiger partial charge in [0.2, 0.25) is 11.0 Å². The van der Waals surface area contributed by atoms with E-state index in [1.165, 1.54) is 11.3 Å². The second kappa shape index (κ2) is 5.73. The van der Waals surface area contributed by atoms with Crippen molar-refractivity contribution in [3.05, 3.63) is 39.9 Å². The smallest absolute Gasteiger partial charge is 0.236 e. The molecule has 1 aromatic carbocycles. The molecule has 110 valence electrons. The second-order valence-corrected chi connectivity index (χ2v) is 6.75. The maximum Gasteiger partial charge on any atom is 0.236 e. The van der Waals surface area contributed by atoms with Crippen LogP contribution in [0, 0.1) is 0 Å². The van der Waals surface area contributed by atoms with Crippen LogP contribution in [0.25, 0.3) is 0 Å². The Morgan fingerprint density at radius 3 is 2.57 bits per heavy atom. The van der Waals surface area contributed by atoms with Gasteiger partial charge in [0.05, 0.1) is 5.41 Å². The Kier molecular flexibility index (Phi) is 3.95. The molecule has 0 atom stereocenters. The van der Waals surface area contributed by atoms with Gasteiger partial charge in [0.25, 0.3) is 0 Å². The number of benzene rings is 1. The first-order chi connectivity index (χ1) is 10.1. The van der Waals surface area contributed by atoms with Crippen LogP contribution in [0.3, 0.4) is 0 Å². The SMILES string of the molecule is CCc1nnc(NC(=O)C2(c3ccc(Cl)cc3)CCC2)s1. The molecule has 1 fully saturated rings. The predicted molar refractivity (Wildman–Crippen MR) is 84.9 cm³/mol. The van der Waals surface area contributed by atoms with E-state index in [2.05, 4.69) is 15.5 Å². The van der Waals surface area contributed by atoms with Crippen LogP contribution < -0.4 is 5.32 Å². The van der Waals surface area contributed by atoms with E-state index in [4.69, 9.17) is 11.6 Å². The molecule has 6 heteroatoms. The maximum atomic E-state index is 12.7. The summed E-state index contributed by atoms with van der Waals surface area (Å²) in [5.74, 6) is 0.00914. The quantitative estimate of drug-likeness (QED) is 0.931. The second-order valence-electron chi connectivity index (χ2n) is 5.25. The summed E-state index contributed by atoms with van der Waals surface area (Å²) in [5.41, 5.74) is 0.582. The zero-order valence-electron chi connectivity index (χ0n) is 11.7. The molecule has 4 nitrogen and oxygen atoms in total. The summed E-state index contributed by atoms with van der Waals surface area (Å²) in [6.45, 7) is 2.02. The Balaban J connectivity index is 1.82. The van der Waals surface area contributed by atoms with Crippen molar-refractivity contribution in [1.29, 1.82) is 0 Å². The lowest BCUT2D eigenvalue weighted by Crippen LogP contribution is -2.45. The molecule has 1 heterocycles. The average molecular weight is 322 g/mol. The molecule has 0 spiro atoms. The molecule has 1 aromatic heterocycles. The summed E-state index contributed by atoms with van der Waals surface area (Å²) < 4.78 is 0. The van der Waals surface area contributed by atoms with Crippen molar-refractivity contribution in [3.8, 4) is 0 Å². The van der Waals surface area contributed by atoms with Crippen molar-refractivity contribution >= 4 is 34.0 Å². The van der Waals surface area contributed by atoms with Crippen LogP contribution in [0.2, 0.25) is 5.02 Å². The number of nitrogens with zero attached hydrogens (tertiary/aromatic N) is 2. The maximum absolute atomic E-state index is 12.7. The van der Waals surface area contributed by atoms with Gasteiger partial charge in [0, 0.05) is 5.02 Å². The molecule has 2 aromatic rings. The van der Waals surface area contributed by atoms with Gasteiger partial charge in [0.15, 0.2) is 0 Å². The largest absolute Gasteiger partial charge is 0.300 e. The van der Waals surface area contributed by atoms with E-state index in [9.17, 15) is 4.79 Å². The first-order valence-electron chi connectivity index (χ1n) is 7.04. The lowest BCUT2D eigenvalue weighted by molar-refractivity contribution is -0.124. The Bertz CT molecular complexity index is 649. The third-order valence-electron chi connectivity index (χ3n) is 4.03. The number of carbonyl (C=O) groups is 1. The van der Waals surface area contributed by atoms with Gasteiger partial charge in [-0.15, -0.1) is 10.2 Å². The van der Waals surface area contributed by atoms with Crippen molar-refractivity contribution in [3.63, 3.8) is 0 Å². The molecule has 0 unspecified atom stereocenters. The molecule has 0 bridgehead atoms. The van der Waals surface area contributed by atoms with E-state index >= 15 is 0 Å². The summed E-state index contributed by atoms with van der Waals surface area (Å²) in [6, 6.07) is 7.56. The Labute approximate surface area is 132 Å². The van der Waals surface area contributed by atoms with Gasteiger partial charge < -0.3 is 0 Å². The highest BCUT2D eigenvalue weighted by molar-refractivity contribution is 7.15. The van der Waals surface area contributed by atoms with E-state index in [0.717, 1.165) is 36.3 Å². The highest BCUT2D eigenvalue weighted by atomic mass is 35.5. The minimum absolute atomic E-state index is 0.00914. The topological polar surface area (TPSA) is 54.9 Å². The van der Waals surface area contributed by atoms with Crippen LogP contribution in [0.5, 0.6) is 0 Å². The van der Waals surface area contributed by atoms with Crippen molar-refractivity contribution in [1.82, 2.24) is 10.2 Å². The van der Waals surface area contributed by atoms with Gasteiger partial charge in [0.1, 0.15) is 5.01 Å². The number of halogens is 1. The monoisotopic (exact) mass is 321 g/mol. The Morgan fingerprint density at radius 2 is 2.05 bits per heavy atom. The summed E-state index contributed by atoms with van der Waals surface area (Å²) in [4.78, 5) is 12.7. The summed E-state index contributed by atoms with van der Waals surface area (Å²) in [6.07, 6.45) is 3.61. The fourth-order valence-corrected chi connectivity index (χ4v) is 3.41. The number of hydrogen-bond acceptors (Lipinski definition) is 4. The third-order valence-corrected chi connectivity index (χ3v) is 5.26. The molecule has 0 radical (unpaired) electrons. The van der Waals surface area contributed by atoms with Gasteiger partial charge in [-0.05, 0) is 37.0 Å². The van der Waals surface area contributed by atoms with Crippen LogP contribution in [-0.4, -0.2) is 16.1 Å². The van der Waals surface area contributed by atoms with Crippen LogP contribution in [-0.2, 0) is 16.6 Å². The Morgan fingerprint density at radius 1 is 1.33 bits per heavy atom. The molecule has 0 aliphatic heterocycles. The number of aromatic nitrogens is 2. The molecule has 0 saturated heterocycles. The van der Waals surface area contributed by atoms with E-state index in [0.29, 0.717) is 10.2 Å². The van der Waals surface area contributed by atoms with E-state index in [1.807, 2.05) is 31.2 Å². The van der Waals surface area contributed by atoms with E-state index in [1.54, 1.807) is 0 Å². The number of anilines is 1. The van der Waals surface area contributed by atoms with Gasteiger partial charge in [-0.1, -0.05) is 48.4 Å². The highest BCUT2D eigenvalue weighted by Crippen LogP contribution is 2.45. The van der Waals surface area contributed by atoms with Gasteiger partial charge in [-0.3, -0.25) is 10.1 Å². The zero-order chi connectivity index (χ0) is 14.9. The van der Waals surface area contributed by atoms with Gasteiger partial charge >= 0.3 is 0 Å². The van der Waals surface area contributed by atoms with Crippen molar-refractivity contribution in [2.24, 2.45) is 0 Å². The Hall–Kier alpha value is -1.46. The molecule has 1 saturated carbocycles. The van der Waals surface area contributed by atoms with Crippen LogP contribution >= 0.6 is 22.9 Å². The third kappa shape index (κ3) is 2.68. The van der Waals surface area contributed by atoms with Crippen molar-refractivity contribution < 1.29 is 4.79 Å². The molecular formula is C15H16ClN3OS. The first-order valence-corrected chi connectivity index (χ1v) is 8.23. The minimum Gasteiger partial charge on any atom is -0.300 e. The molecule has 1 aliphatic carbocycles. The molecule has 1 amide bonds. The summed E-state index contributed by atoms with van der Waals surface area (Å²) in [7, 11) is 0. The molecule has 1 N–H and O–H groups in total. The molecule has 3 rings (SSSR count). The average Bonchev–Trinajstić information content (AvgIpc) is 2.87. The lowest BCUT2D eigenvalue weighted by Gasteiger charge is -2.40. The fourth-order valence-electron chi connectivity index (χ4n) is 2.61. The minimum atomic E-state index is -0.442. The standard InChI is InChI=1S/C15H16ClN3OS/c1-2-12-18-19-14(21-12)17-13(20)15(8-3-9-15)10-4-6-11(16)7-5-10/h4-7H,2-3,8-9H2,1H3,(H,17,19,20). The number of hydrogen-bond donors (Lipinski definition) is 1. The molecule has 21 heavy (non-hydrogen) atoms. The van der Waals surface area contributed by atoms with E-state index in [-0.39, 0.29) is 5.91 Å². The predicted octanol–water partition coefficient (Wildman–Crippen LogP) is 3.81. The lowest BCUT2D eigenvalue weighted by atomic mass is 9.64. The summed E-state index contributed by atoms with van der Waals surface area (Å²) in [5, 5.41) is 13.2. The number of rotatable bonds is 4. The van der Waals surface area contributed by atoms with E-state index < -0.39 is 5.41 Å². The van der Waals surface area contributed by atoms with Crippen LogP contribution in [0.15, 0.2) is 24.3 Å². The zero-order valence-corrected chi connectivity index (χ0v) is 13.3. The van der Waals surface area contributed by atoms with Gasteiger partial charge in [-0.2, -0.15) is 0 Å². The fraction of sp³-hybridized carbons (Fsp3) is 0.400. The number of amides is 1.